The highest BCUT2D eigenvalue weighted by Crippen LogP contribution is 2.30. The molecule has 2 rings (SSSR count). The van der Waals surface area contributed by atoms with E-state index in [1.54, 1.807) is 0 Å². The van der Waals surface area contributed by atoms with Crippen molar-refractivity contribution in [3.63, 3.8) is 0 Å². The third-order valence-corrected chi connectivity index (χ3v) is 3.19. The molecule has 0 saturated heterocycles. The predicted octanol–water partition coefficient (Wildman–Crippen LogP) is 1.16. The quantitative estimate of drug-likeness (QED) is 0.593. The van der Waals surface area contributed by atoms with E-state index in [1.165, 1.54) is 12.5 Å². The highest BCUT2D eigenvalue weighted by atomic mass is 32.1. The van der Waals surface area contributed by atoms with Gasteiger partial charge in [0.05, 0.1) is 18.6 Å². The summed E-state index contributed by atoms with van der Waals surface area (Å²) in [7, 11) is 1.26. The molecule has 0 aromatic carbocycles. The van der Waals surface area contributed by atoms with Crippen LogP contribution in [-0.4, -0.2) is 38.1 Å². The van der Waals surface area contributed by atoms with Gasteiger partial charge >= 0.3 is 11.7 Å². The van der Waals surface area contributed by atoms with Crippen LogP contribution < -0.4 is 10.1 Å². The first-order chi connectivity index (χ1) is 10.0. The van der Waals surface area contributed by atoms with Gasteiger partial charge < -0.3 is 15.2 Å². The Bertz CT molecular complexity index is 688. The highest BCUT2D eigenvalue weighted by molar-refractivity contribution is 7.09. The molecule has 0 radical (unpaired) electrons. The Morgan fingerprint density at radius 1 is 1.57 bits per heavy atom. The summed E-state index contributed by atoms with van der Waals surface area (Å²) in [5.41, 5.74) is -0.471. The zero-order valence-electron chi connectivity index (χ0n) is 10.6. The van der Waals surface area contributed by atoms with E-state index in [1.807, 2.05) is 0 Å². The van der Waals surface area contributed by atoms with E-state index in [4.69, 9.17) is 9.84 Å². The molecule has 0 unspecified atom stereocenters. The summed E-state index contributed by atoms with van der Waals surface area (Å²) in [6, 6.07) is 0. The minimum atomic E-state index is -1.13. The number of aromatic carboxylic acids is 1. The number of hydrogen-bond acceptors (Lipinski definition) is 9. The molecule has 110 valence electrons. The lowest BCUT2D eigenvalue weighted by atomic mass is 10.4. The van der Waals surface area contributed by atoms with Gasteiger partial charge in [0.2, 0.25) is 5.82 Å². The summed E-state index contributed by atoms with van der Waals surface area (Å²) < 4.78 is 4.81. The average molecular weight is 311 g/mol. The Balaban J connectivity index is 2.19. The van der Waals surface area contributed by atoms with Gasteiger partial charge in [-0.25, -0.2) is 14.8 Å². The van der Waals surface area contributed by atoms with Crippen LogP contribution in [-0.2, 0) is 6.54 Å². The second kappa shape index (κ2) is 6.09. The number of anilines is 1. The number of hydrogen-bond donors (Lipinski definition) is 2. The Morgan fingerprint density at radius 2 is 2.33 bits per heavy atom. The Kier molecular flexibility index (Phi) is 4.23. The van der Waals surface area contributed by atoms with Crippen molar-refractivity contribution in [1.82, 2.24) is 15.0 Å². The van der Waals surface area contributed by atoms with Crippen LogP contribution in [0, 0.1) is 10.1 Å². The molecular weight excluding hydrogens is 302 g/mol. The van der Waals surface area contributed by atoms with Crippen molar-refractivity contribution in [2.24, 2.45) is 0 Å². The summed E-state index contributed by atoms with van der Waals surface area (Å²) in [5, 5.41) is 24.3. The van der Waals surface area contributed by atoms with Gasteiger partial charge in [-0.15, -0.1) is 11.3 Å². The van der Waals surface area contributed by atoms with E-state index in [2.05, 4.69) is 20.3 Å². The van der Waals surface area contributed by atoms with Gasteiger partial charge in [-0.1, -0.05) is 0 Å². The number of thiazole rings is 1. The zero-order chi connectivity index (χ0) is 15.4. The maximum atomic E-state index is 11.0. The predicted molar refractivity (Wildman–Crippen MR) is 71.6 cm³/mol. The molecule has 0 bridgehead atoms. The van der Waals surface area contributed by atoms with Gasteiger partial charge in [0.1, 0.15) is 11.3 Å². The molecule has 2 N–H and O–H groups in total. The Morgan fingerprint density at radius 3 is 2.90 bits per heavy atom. The number of nitro groups is 1. The minimum Gasteiger partial charge on any atom is -0.476 e. The lowest BCUT2D eigenvalue weighted by Crippen LogP contribution is -2.07. The summed E-state index contributed by atoms with van der Waals surface area (Å²) >= 11 is 1.12. The number of aromatic nitrogens is 3. The van der Waals surface area contributed by atoms with Gasteiger partial charge in [0, 0.05) is 5.38 Å². The molecule has 0 amide bonds. The van der Waals surface area contributed by atoms with Crippen LogP contribution >= 0.6 is 11.3 Å². The van der Waals surface area contributed by atoms with Crippen molar-refractivity contribution in [1.29, 1.82) is 0 Å². The van der Waals surface area contributed by atoms with Crippen LogP contribution in [0.5, 0.6) is 5.88 Å². The molecule has 0 saturated carbocycles. The fourth-order valence-electron chi connectivity index (χ4n) is 1.46. The second-order valence-electron chi connectivity index (χ2n) is 3.62. The Labute approximate surface area is 121 Å². The summed E-state index contributed by atoms with van der Waals surface area (Å²) in [4.78, 5) is 32.4. The van der Waals surface area contributed by atoms with Gasteiger partial charge in [-0.3, -0.25) is 10.1 Å². The van der Waals surface area contributed by atoms with Crippen LogP contribution in [0.15, 0.2) is 11.7 Å². The van der Waals surface area contributed by atoms with Crippen LogP contribution in [0.2, 0.25) is 0 Å². The number of rotatable bonds is 6. The molecule has 0 fully saturated rings. The molecule has 2 aromatic rings. The van der Waals surface area contributed by atoms with E-state index in [0.29, 0.717) is 5.01 Å². The van der Waals surface area contributed by atoms with Crippen molar-refractivity contribution in [3.8, 4) is 5.88 Å². The van der Waals surface area contributed by atoms with Gasteiger partial charge in [0.15, 0.2) is 5.69 Å². The SMILES string of the molecule is COc1ncnc(NCc2nc(C(=O)O)cs2)c1[N+](=O)[O-]. The molecule has 0 atom stereocenters. The largest absolute Gasteiger partial charge is 0.476 e. The van der Waals surface area contributed by atoms with Gasteiger partial charge in [0.25, 0.3) is 5.88 Å². The standard InChI is InChI=1S/C10H9N5O5S/c1-20-9-7(15(18)19)8(12-4-13-9)11-2-6-14-5(3-21-6)10(16)17/h3-4H,2H2,1H3,(H,16,17)(H,11,12,13). The van der Waals surface area contributed by atoms with Crippen LogP contribution in [0.4, 0.5) is 11.5 Å². The van der Waals surface area contributed by atoms with Gasteiger partial charge in [-0.05, 0) is 0 Å². The van der Waals surface area contributed by atoms with Crippen molar-refractivity contribution >= 4 is 28.8 Å². The average Bonchev–Trinajstić information content (AvgIpc) is 2.93. The Hall–Kier alpha value is -2.82. The van der Waals surface area contributed by atoms with Gasteiger partial charge in [-0.2, -0.15) is 4.98 Å². The molecule has 0 aliphatic rings. The summed E-state index contributed by atoms with van der Waals surface area (Å²) in [5.74, 6) is -1.33. The number of methoxy groups -OCH3 is 1. The van der Waals surface area contributed by atoms with Crippen LogP contribution in [0.3, 0.4) is 0 Å². The molecule has 0 aliphatic heterocycles. The normalized spacial score (nSPS) is 10.1. The van der Waals surface area contributed by atoms with E-state index >= 15 is 0 Å². The minimum absolute atomic E-state index is 0.0288. The zero-order valence-corrected chi connectivity index (χ0v) is 11.5. The van der Waals surface area contributed by atoms with E-state index in [0.717, 1.165) is 17.7 Å². The highest BCUT2D eigenvalue weighted by Gasteiger charge is 2.23. The van der Waals surface area contributed by atoms with Crippen molar-refractivity contribution in [2.75, 3.05) is 12.4 Å². The second-order valence-corrected chi connectivity index (χ2v) is 4.57. The molecular formula is C10H9N5O5S. The first kappa shape index (κ1) is 14.6. The third-order valence-electron chi connectivity index (χ3n) is 2.34. The van der Waals surface area contributed by atoms with Crippen molar-refractivity contribution < 1.29 is 19.6 Å². The lowest BCUT2D eigenvalue weighted by molar-refractivity contribution is -0.385. The van der Waals surface area contributed by atoms with Crippen LogP contribution in [0.25, 0.3) is 0 Å². The molecule has 2 aromatic heterocycles. The number of carboxylic acid groups (broad SMARTS) is 1. The van der Waals surface area contributed by atoms with E-state index in [9.17, 15) is 14.9 Å². The molecule has 0 spiro atoms. The molecule has 2 heterocycles. The van der Waals surface area contributed by atoms with E-state index < -0.39 is 16.6 Å². The maximum Gasteiger partial charge on any atom is 0.372 e. The third kappa shape index (κ3) is 3.20. The topological polar surface area (TPSA) is 140 Å². The lowest BCUT2D eigenvalue weighted by Gasteiger charge is -2.06. The molecule has 0 aliphatic carbocycles. The smallest absolute Gasteiger partial charge is 0.372 e. The molecule has 10 nitrogen and oxygen atoms in total. The first-order valence-electron chi connectivity index (χ1n) is 5.48. The summed E-state index contributed by atoms with van der Waals surface area (Å²) in [6.07, 6.45) is 1.12. The van der Waals surface area contributed by atoms with Crippen LogP contribution in [0.1, 0.15) is 15.5 Å². The van der Waals surface area contributed by atoms with E-state index in [-0.39, 0.29) is 23.9 Å². The maximum absolute atomic E-state index is 11.0. The number of carboxylic acids is 1. The summed E-state index contributed by atoms with van der Waals surface area (Å²) in [6.45, 7) is 0.0962. The van der Waals surface area contributed by atoms with Crippen molar-refractivity contribution in [2.45, 2.75) is 6.54 Å². The number of nitrogens with one attached hydrogen (secondary N) is 1. The fraction of sp³-hybridized carbons (Fsp3) is 0.200. The first-order valence-corrected chi connectivity index (χ1v) is 6.35. The fourth-order valence-corrected chi connectivity index (χ4v) is 2.16. The number of nitrogens with zero attached hydrogens (tertiary/aromatic N) is 4. The number of carbonyl (C=O) groups is 1. The van der Waals surface area contributed by atoms with Crippen molar-refractivity contribution in [3.05, 3.63) is 32.5 Å². The molecule has 11 heteroatoms. The molecule has 21 heavy (non-hydrogen) atoms. The monoisotopic (exact) mass is 311 g/mol. The number of ether oxygens (including phenoxy) is 1.